The Morgan fingerprint density at radius 1 is 0.808 bits per heavy atom. The highest BCUT2D eigenvalue weighted by Crippen LogP contribution is 2.36. The lowest BCUT2D eigenvalue weighted by atomic mass is 10.0. The predicted molar refractivity (Wildman–Crippen MR) is 116 cm³/mol. The van der Waals surface area contributed by atoms with Gasteiger partial charge in [0.2, 0.25) is 0 Å². The first kappa shape index (κ1) is 23.7. The number of alkyl halides is 1. The number of rotatable bonds is 15. The van der Waals surface area contributed by atoms with Gasteiger partial charge in [-0.3, -0.25) is 0 Å². The summed E-state index contributed by atoms with van der Waals surface area (Å²) in [6.07, 6.45) is 9.73. The van der Waals surface area contributed by atoms with E-state index in [-0.39, 0.29) is 0 Å². The molecular weight excluding hydrogens is 388 g/mol. The first-order chi connectivity index (χ1) is 12.6. The number of ether oxygens (including phenoxy) is 2. The van der Waals surface area contributed by atoms with Crippen LogP contribution in [0.25, 0.3) is 0 Å². The normalized spacial score (nSPS) is 16.2. The van der Waals surface area contributed by atoms with Crippen LogP contribution in [0.1, 0.15) is 84.6 Å². The third-order valence-corrected chi connectivity index (χ3v) is 6.13. The Morgan fingerprint density at radius 3 is 1.65 bits per heavy atom. The van der Waals surface area contributed by atoms with Crippen LogP contribution in [0.5, 0.6) is 0 Å². The summed E-state index contributed by atoms with van der Waals surface area (Å²) in [6.45, 7) is 10.4. The summed E-state index contributed by atoms with van der Waals surface area (Å²) in [5, 5.41) is 0. The van der Waals surface area contributed by atoms with Crippen LogP contribution in [0, 0.1) is 11.8 Å². The van der Waals surface area contributed by atoms with Gasteiger partial charge in [-0.05, 0) is 40.6 Å². The van der Waals surface area contributed by atoms with Gasteiger partial charge in [-0.1, -0.05) is 96.6 Å². The lowest BCUT2D eigenvalue weighted by molar-refractivity contribution is -0.187. The van der Waals surface area contributed by atoms with Crippen molar-refractivity contribution < 1.29 is 9.47 Å². The molecule has 0 aromatic heterocycles. The summed E-state index contributed by atoms with van der Waals surface area (Å²) in [5.41, 5.74) is 1.04. The molecular formula is C23H39BrO2. The molecule has 26 heavy (non-hydrogen) atoms. The van der Waals surface area contributed by atoms with Gasteiger partial charge in [0.05, 0.1) is 13.2 Å². The van der Waals surface area contributed by atoms with Gasteiger partial charge in [0, 0.05) is 5.56 Å². The quantitative estimate of drug-likeness (QED) is 0.211. The van der Waals surface area contributed by atoms with Gasteiger partial charge in [0.15, 0.2) is 0 Å². The summed E-state index contributed by atoms with van der Waals surface area (Å²) in [7, 11) is 0. The van der Waals surface area contributed by atoms with Gasteiger partial charge in [0.25, 0.3) is 4.70 Å². The van der Waals surface area contributed by atoms with Crippen LogP contribution in [0.4, 0.5) is 0 Å². The average Bonchev–Trinajstić information content (AvgIpc) is 2.69. The second-order valence-corrected chi connectivity index (χ2v) is 8.40. The van der Waals surface area contributed by atoms with Crippen molar-refractivity contribution in [3.63, 3.8) is 0 Å². The van der Waals surface area contributed by atoms with Gasteiger partial charge in [0.1, 0.15) is 0 Å². The zero-order chi connectivity index (χ0) is 19.3. The Kier molecular flexibility index (Phi) is 12.5. The van der Waals surface area contributed by atoms with Crippen LogP contribution in [-0.2, 0) is 14.2 Å². The predicted octanol–water partition coefficient (Wildman–Crippen LogP) is 7.66. The van der Waals surface area contributed by atoms with Crippen molar-refractivity contribution in [3.05, 3.63) is 35.9 Å². The van der Waals surface area contributed by atoms with Crippen LogP contribution in [0.15, 0.2) is 30.3 Å². The van der Waals surface area contributed by atoms with Gasteiger partial charge >= 0.3 is 0 Å². The van der Waals surface area contributed by atoms with E-state index in [2.05, 4.69) is 55.8 Å². The zero-order valence-electron chi connectivity index (χ0n) is 17.3. The monoisotopic (exact) mass is 426 g/mol. The van der Waals surface area contributed by atoms with Gasteiger partial charge in [-0.25, -0.2) is 0 Å². The third-order valence-electron chi connectivity index (χ3n) is 5.21. The van der Waals surface area contributed by atoms with Crippen LogP contribution in [0.2, 0.25) is 0 Å². The molecule has 0 saturated carbocycles. The van der Waals surface area contributed by atoms with E-state index in [0.29, 0.717) is 11.8 Å². The molecule has 3 heteroatoms. The summed E-state index contributed by atoms with van der Waals surface area (Å²) >= 11 is 3.80. The molecule has 0 heterocycles. The number of halogens is 1. The van der Waals surface area contributed by atoms with Crippen LogP contribution < -0.4 is 0 Å². The molecule has 1 rings (SSSR count). The highest BCUT2D eigenvalue weighted by Gasteiger charge is 2.32. The lowest BCUT2D eigenvalue weighted by Crippen LogP contribution is -2.31. The summed E-state index contributed by atoms with van der Waals surface area (Å²) in [4.78, 5) is 0. The molecule has 2 nitrogen and oxygen atoms in total. The Bertz CT molecular complexity index is 429. The van der Waals surface area contributed by atoms with Crippen LogP contribution in [-0.4, -0.2) is 13.2 Å². The molecule has 1 aromatic rings. The molecule has 0 saturated heterocycles. The number of benzene rings is 1. The van der Waals surface area contributed by atoms with E-state index in [0.717, 1.165) is 31.6 Å². The minimum absolute atomic E-state index is 0.584. The van der Waals surface area contributed by atoms with E-state index in [9.17, 15) is 0 Å². The maximum Gasteiger partial charge on any atom is 0.254 e. The first-order valence-corrected chi connectivity index (χ1v) is 11.4. The van der Waals surface area contributed by atoms with E-state index in [1.54, 1.807) is 0 Å². The Hall–Kier alpha value is -0.380. The molecule has 0 aliphatic rings. The van der Waals surface area contributed by atoms with E-state index in [4.69, 9.17) is 9.47 Å². The molecule has 0 N–H and O–H groups in total. The highest BCUT2D eigenvalue weighted by atomic mass is 79.9. The number of hydrogen-bond acceptors (Lipinski definition) is 2. The van der Waals surface area contributed by atoms with Crippen molar-refractivity contribution in [2.45, 2.75) is 83.8 Å². The van der Waals surface area contributed by atoms with Crippen molar-refractivity contribution >= 4 is 15.9 Å². The molecule has 150 valence electrons. The summed E-state index contributed by atoms with van der Waals surface area (Å²) in [6, 6.07) is 10.3. The summed E-state index contributed by atoms with van der Waals surface area (Å²) < 4.78 is 11.9. The molecule has 2 atom stereocenters. The molecule has 0 amide bonds. The lowest BCUT2D eigenvalue weighted by Gasteiger charge is -2.32. The molecule has 0 radical (unpaired) electrons. The van der Waals surface area contributed by atoms with Crippen molar-refractivity contribution in [1.29, 1.82) is 0 Å². The number of unbranched alkanes of at least 4 members (excludes halogenated alkanes) is 2. The molecule has 0 aliphatic heterocycles. The van der Waals surface area contributed by atoms with Gasteiger partial charge < -0.3 is 9.47 Å². The third kappa shape index (κ3) is 8.54. The van der Waals surface area contributed by atoms with Crippen molar-refractivity contribution in [2.24, 2.45) is 11.8 Å². The zero-order valence-corrected chi connectivity index (χ0v) is 18.9. The van der Waals surface area contributed by atoms with Crippen molar-refractivity contribution in [2.75, 3.05) is 13.2 Å². The number of hydrogen-bond donors (Lipinski definition) is 0. The van der Waals surface area contributed by atoms with Gasteiger partial charge in [-0.2, -0.15) is 0 Å². The molecule has 0 fully saturated rings. The largest absolute Gasteiger partial charge is 0.337 e. The van der Waals surface area contributed by atoms with Crippen LogP contribution >= 0.6 is 15.9 Å². The maximum absolute atomic E-state index is 6.36. The smallest absolute Gasteiger partial charge is 0.254 e. The van der Waals surface area contributed by atoms with E-state index in [1.807, 2.05) is 18.2 Å². The van der Waals surface area contributed by atoms with E-state index >= 15 is 0 Å². The summed E-state index contributed by atoms with van der Waals surface area (Å²) in [5.74, 6) is 1.17. The standard InChI is InChI=1S/C23H39BrO2/c1-5-9-14-20(7-3)18-25-23(24,22-16-12-11-13-17-22)26-19-21(8-4)15-10-6-2/h11-13,16-17,20-21H,5-10,14-15,18-19H2,1-4H3. The minimum atomic E-state index is -0.840. The first-order valence-electron chi connectivity index (χ1n) is 10.6. The Morgan fingerprint density at radius 2 is 1.27 bits per heavy atom. The second kappa shape index (κ2) is 13.7. The second-order valence-electron chi connectivity index (χ2n) is 7.36. The minimum Gasteiger partial charge on any atom is -0.337 e. The Labute approximate surface area is 170 Å². The fourth-order valence-corrected chi connectivity index (χ4v) is 3.62. The average molecular weight is 427 g/mol. The molecule has 0 bridgehead atoms. The Balaban J connectivity index is 2.76. The fourth-order valence-electron chi connectivity index (χ4n) is 3.09. The topological polar surface area (TPSA) is 18.5 Å². The highest BCUT2D eigenvalue weighted by molar-refractivity contribution is 9.09. The van der Waals surface area contributed by atoms with E-state index in [1.165, 1.54) is 38.5 Å². The van der Waals surface area contributed by atoms with Crippen molar-refractivity contribution in [3.8, 4) is 0 Å². The van der Waals surface area contributed by atoms with Crippen molar-refractivity contribution in [1.82, 2.24) is 0 Å². The molecule has 0 spiro atoms. The maximum atomic E-state index is 6.36. The SMILES string of the molecule is CCCCC(CC)COC(Br)(OCC(CC)CCCC)c1ccccc1. The van der Waals surface area contributed by atoms with E-state index < -0.39 is 4.70 Å². The fraction of sp³-hybridized carbons (Fsp3) is 0.739. The van der Waals surface area contributed by atoms with Crippen LogP contribution in [0.3, 0.4) is 0 Å². The molecule has 1 aromatic carbocycles. The molecule has 2 unspecified atom stereocenters. The van der Waals surface area contributed by atoms with Gasteiger partial charge in [-0.15, -0.1) is 0 Å². The molecule has 0 aliphatic carbocycles.